The van der Waals surface area contributed by atoms with Crippen LogP contribution in [0.3, 0.4) is 0 Å². The summed E-state index contributed by atoms with van der Waals surface area (Å²) < 4.78 is 0. The van der Waals surface area contributed by atoms with E-state index in [9.17, 15) is 0 Å². The maximum Gasteiger partial charge on any atom is 0.0223 e. The minimum atomic E-state index is 0.349. The summed E-state index contributed by atoms with van der Waals surface area (Å²) in [5.74, 6) is 0. The summed E-state index contributed by atoms with van der Waals surface area (Å²) in [6.07, 6.45) is 5.56. The highest BCUT2D eigenvalue weighted by Crippen LogP contribution is 2.33. The molecule has 2 aliphatic rings. The number of fused-ring (bicyclic) bond motifs is 1. The minimum absolute atomic E-state index is 0.349. The third-order valence-corrected chi connectivity index (χ3v) is 4.66. The van der Waals surface area contributed by atoms with Crippen molar-refractivity contribution < 1.29 is 0 Å². The molecule has 106 valence electrons. The monoisotopic (exact) mass is 252 g/mol. The Balaban J connectivity index is 1.97. The molecule has 0 bridgehead atoms. The van der Waals surface area contributed by atoms with Gasteiger partial charge in [0.05, 0.1) is 0 Å². The van der Waals surface area contributed by atoms with Crippen molar-refractivity contribution in [1.82, 2.24) is 9.80 Å². The van der Waals surface area contributed by atoms with Gasteiger partial charge in [0.25, 0.3) is 0 Å². The zero-order valence-electron chi connectivity index (χ0n) is 13.1. The second-order valence-corrected chi connectivity index (χ2v) is 8.18. The van der Waals surface area contributed by atoms with Crippen LogP contribution in [0.2, 0.25) is 0 Å². The average Bonchev–Trinajstić information content (AvgIpc) is 2.25. The smallest absolute Gasteiger partial charge is 0.0223 e. The predicted octanol–water partition coefficient (Wildman–Crippen LogP) is 3.37. The summed E-state index contributed by atoms with van der Waals surface area (Å²) in [4.78, 5) is 5.48. The summed E-state index contributed by atoms with van der Waals surface area (Å²) in [7, 11) is 0. The number of piperidine rings is 1. The van der Waals surface area contributed by atoms with Gasteiger partial charge in [0, 0.05) is 31.2 Å². The van der Waals surface area contributed by atoms with E-state index in [1.54, 1.807) is 0 Å². The number of nitrogens with zero attached hydrogens (tertiary/aromatic N) is 2. The lowest BCUT2D eigenvalue weighted by Crippen LogP contribution is -2.60. The quantitative estimate of drug-likeness (QED) is 0.743. The fourth-order valence-corrected chi connectivity index (χ4v) is 4.12. The summed E-state index contributed by atoms with van der Waals surface area (Å²) in [5.41, 5.74) is 0.773. The molecule has 0 aliphatic carbocycles. The molecule has 1 unspecified atom stereocenters. The van der Waals surface area contributed by atoms with Crippen LogP contribution >= 0.6 is 0 Å². The lowest BCUT2D eigenvalue weighted by molar-refractivity contribution is -0.0147. The lowest BCUT2D eigenvalue weighted by Gasteiger charge is -2.51. The van der Waals surface area contributed by atoms with Crippen LogP contribution in [0.25, 0.3) is 0 Å². The lowest BCUT2D eigenvalue weighted by atomic mass is 9.80. The summed E-state index contributed by atoms with van der Waals surface area (Å²) in [6, 6.07) is 0.840. The molecule has 2 saturated heterocycles. The van der Waals surface area contributed by atoms with Gasteiger partial charge < -0.3 is 0 Å². The minimum Gasteiger partial charge on any atom is -0.298 e. The van der Waals surface area contributed by atoms with Crippen LogP contribution < -0.4 is 0 Å². The first-order chi connectivity index (χ1) is 8.28. The molecule has 2 aliphatic heterocycles. The van der Waals surface area contributed by atoms with Gasteiger partial charge >= 0.3 is 0 Å². The second-order valence-electron chi connectivity index (χ2n) is 8.18. The van der Waals surface area contributed by atoms with Gasteiger partial charge in [-0.3, -0.25) is 9.80 Å². The molecular formula is C16H32N2. The fraction of sp³-hybridized carbons (Fsp3) is 1.00. The molecule has 2 nitrogen and oxygen atoms in total. The van der Waals surface area contributed by atoms with Gasteiger partial charge in [-0.25, -0.2) is 0 Å². The molecule has 2 heteroatoms. The Morgan fingerprint density at radius 1 is 0.944 bits per heavy atom. The van der Waals surface area contributed by atoms with Gasteiger partial charge in [0.15, 0.2) is 0 Å². The van der Waals surface area contributed by atoms with Gasteiger partial charge in [-0.15, -0.1) is 0 Å². The van der Waals surface area contributed by atoms with E-state index in [1.807, 2.05) is 0 Å². The first-order valence-electron chi connectivity index (χ1n) is 7.77. The second kappa shape index (κ2) is 5.13. The van der Waals surface area contributed by atoms with Crippen molar-refractivity contribution in [1.29, 1.82) is 0 Å². The van der Waals surface area contributed by atoms with Crippen molar-refractivity contribution in [3.63, 3.8) is 0 Å². The predicted molar refractivity (Wildman–Crippen MR) is 78.9 cm³/mol. The number of rotatable bonds is 2. The fourth-order valence-electron chi connectivity index (χ4n) is 4.12. The van der Waals surface area contributed by atoms with E-state index in [-0.39, 0.29) is 0 Å². The number of hydrogen-bond acceptors (Lipinski definition) is 2. The normalized spacial score (nSPS) is 28.2. The highest BCUT2D eigenvalue weighted by molar-refractivity contribution is 4.93. The maximum absolute atomic E-state index is 2.75. The van der Waals surface area contributed by atoms with Crippen LogP contribution in [0.15, 0.2) is 0 Å². The molecule has 0 aromatic heterocycles. The highest BCUT2D eigenvalue weighted by Gasteiger charge is 2.37. The molecule has 1 atom stereocenters. The maximum atomic E-state index is 2.75. The summed E-state index contributed by atoms with van der Waals surface area (Å²) in [5, 5.41) is 0. The Bertz CT molecular complexity index is 277. The molecule has 0 saturated carbocycles. The van der Waals surface area contributed by atoms with Gasteiger partial charge in [0.2, 0.25) is 0 Å². The van der Waals surface area contributed by atoms with Crippen molar-refractivity contribution in [2.75, 3.05) is 26.2 Å². The average molecular weight is 252 g/mol. The molecule has 0 N–H and O–H groups in total. The standard InChI is InChI=1S/C16H32N2/c1-15(2,3)13-16(4,5)18-11-10-17-9-7-6-8-14(17)12-18/h14H,6-13H2,1-5H3. The largest absolute Gasteiger partial charge is 0.298 e. The molecule has 0 radical (unpaired) electrons. The van der Waals surface area contributed by atoms with E-state index < -0.39 is 0 Å². The van der Waals surface area contributed by atoms with Gasteiger partial charge in [0.1, 0.15) is 0 Å². The number of piperazine rings is 1. The van der Waals surface area contributed by atoms with Crippen molar-refractivity contribution in [3.8, 4) is 0 Å². The first-order valence-corrected chi connectivity index (χ1v) is 7.77. The Hall–Kier alpha value is -0.0800. The summed E-state index contributed by atoms with van der Waals surface area (Å²) >= 11 is 0. The molecular weight excluding hydrogens is 220 g/mol. The highest BCUT2D eigenvalue weighted by atomic mass is 15.3. The van der Waals surface area contributed by atoms with Crippen LogP contribution in [0.1, 0.15) is 60.3 Å². The zero-order chi connectivity index (χ0) is 13.4. The Labute approximate surface area is 114 Å². The Morgan fingerprint density at radius 2 is 1.67 bits per heavy atom. The number of hydrogen-bond donors (Lipinski definition) is 0. The van der Waals surface area contributed by atoms with E-state index in [2.05, 4.69) is 44.4 Å². The van der Waals surface area contributed by atoms with Gasteiger partial charge in [-0.2, -0.15) is 0 Å². The van der Waals surface area contributed by atoms with Crippen molar-refractivity contribution in [2.45, 2.75) is 71.9 Å². The van der Waals surface area contributed by atoms with Crippen LogP contribution in [0.5, 0.6) is 0 Å². The van der Waals surface area contributed by atoms with Crippen LogP contribution in [-0.4, -0.2) is 47.6 Å². The van der Waals surface area contributed by atoms with Gasteiger partial charge in [-0.05, 0) is 45.1 Å². The van der Waals surface area contributed by atoms with Crippen molar-refractivity contribution >= 4 is 0 Å². The Kier molecular flexibility index (Phi) is 4.08. The van der Waals surface area contributed by atoms with E-state index >= 15 is 0 Å². The van der Waals surface area contributed by atoms with E-state index in [0.29, 0.717) is 11.0 Å². The molecule has 2 heterocycles. The van der Waals surface area contributed by atoms with Crippen LogP contribution in [-0.2, 0) is 0 Å². The van der Waals surface area contributed by atoms with E-state index in [1.165, 1.54) is 51.9 Å². The van der Waals surface area contributed by atoms with Crippen molar-refractivity contribution in [3.05, 3.63) is 0 Å². The molecule has 2 fully saturated rings. The topological polar surface area (TPSA) is 6.48 Å². The molecule has 18 heavy (non-hydrogen) atoms. The third-order valence-electron chi connectivity index (χ3n) is 4.66. The van der Waals surface area contributed by atoms with Crippen LogP contribution in [0.4, 0.5) is 0 Å². The first kappa shape index (κ1) is 14.3. The molecule has 0 aromatic rings. The third kappa shape index (κ3) is 3.48. The summed E-state index contributed by atoms with van der Waals surface area (Å²) in [6.45, 7) is 17.2. The SMILES string of the molecule is CC(C)(C)CC(C)(C)N1CCN2CCCCC2C1. The van der Waals surface area contributed by atoms with E-state index in [0.717, 1.165) is 6.04 Å². The Morgan fingerprint density at radius 3 is 2.33 bits per heavy atom. The molecule has 0 amide bonds. The molecule has 2 rings (SSSR count). The zero-order valence-corrected chi connectivity index (χ0v) is 13.1. The van der Waals surface area contributed by atoms with Crippen LogP contribution in [0, 0.1) is 5.41 Å². The van der Waals surface area contributed by atoms with Crippen molar-refractivity contribution in [2.24, 2.45) is 5.41 Å². The molecule has 0 spiro atoms. The molecule has 0 aromatic carbocycles. The van der Waals surface area contributed by atoms with E-state index in [4.69, 9.17) is 0 Å². The van der Waals surface area contributed by atoms with Gasteiger partial charge in [-0.1, -0.05) is 27.2 Å².